The highest BCUT2D eigenvalue weighted by atomic mass is 35.5. The van der Waals surface area contributed by atoms with E-state index in [4.69, 9.17) is 21.9 Å². The van der Waals surface area contributed by atoms with Gasteiger partial charge in [-0.05, 0) is 56.2 Å². The second kappa shape index (κ2) is 5.43. The van der Waals surface area contributed by atoms with Crippen LogP contribution < -0.4 is 5.73 Å². The lowest BCUT2D eigenvalue weighted by Crippen LogP contribution is -2.41. The Labute approximate surface area is 129 Å². The molecule has 1 heterocycles. The lowest BCUT2D eigenvalue weighted by atomic mass is 9.77. The minimum atomic E-state index is -0.458. The standard InChI is InChI=1S/C16H20ClN3O/c1-10-6-8-16(18,9-7-10)15-19-14(21-20-15)12-4-3-5-13(17)11(12)2/h3-5,10H,6-9,18H2,1-2H3. The Morgan fingerprint density at radius 1 is 1.33 bits per heavy atom. The summed E-state index contributed by atoms with van der Waals surface area (Å²) in [6.07, 6.45) is 4.02. The van der Waals surface area contributed by atoms with Crippen molar-refractivity contribution in [2.24, 2.45) is 11.7 Å². The summed E-state index contributed by atoms with van der Waals surface area (Å²) in [6.45, 7) is 4.21. The normalized spacial score (nSPS) is 26.0. The smallest absolute Gasteiger partial charge is 0.258 e. The molecule has 0 radical (unpaired) electrons. The monoisotopic (exact) mass is 305 g/mol. The van der Waals surface area contributed by atoms with E-state index in [1.165, 1.54) is 0 Å². The van der Waals surface area contributed by atoms with Gasteiger partial charge in [-0.3, -0.25) is 0 Å². The van der Waals surface area contributed by atoms with Crippen molar-refractivity contribution in [1.29, 1.82) is 0 Å². The third-order valence-corrected chi connectivity index (χ3v) is 4.95. The fourth-order valence-electron chi connectivity index (χ4n) is 2.88. The highest BCUT2D eigenvalue weighted by Crippen LogP contribution is 2.37. The largest absolute Gasteiger partial charge is 0.334 e. The van der Waals surface area contributed by atoms with Crippen molar-refractivity contribution in [3.63, 3.8) is 0 Å². The van der Waals surface area contributed by atoms with Gasteiger partial charge in [0.05, 0.1) is 5.54 Å². The number of nitrogens with two attached hydrogens (primary N) is 1. The Morgan fingerprint density at radius 2 is 2.05 bits per heavy atom. The van der Waals surface area contributed by atoms with Crippen molar-refractivity contribution in [3.8, 4) is 11.5 Å². The predicted molar refractivity (Wildman–Crippen MR) is 83.0 cm³/mol. The first-order valence-electron chi connectivity index (χ1n) is 7.38. The average molecular weight is 306 g/mol. The molecule has 2 N–H and O–H groups in total. The minimum absolute atomic E-state index is 0.458. The van der Waals surface area contributed by atoms with Crippen molar-refractivity contribution in [2.75, 3.05) is 0 Å². The molecule has 3 rings (SSSR count). The first-order chi connectivity index (χ1) is 9.99. The Bertz CT molecular complexity index is 645. The van der Waals surface area contributed by atoms with E-state index >= 15 is 0 Å². The Hall–Kier alpha value is -1.39. The SMILES string of the molecule is Cc1c(Cl)cccc1-c1nc(C2(N)CCC(C)CC2)no1. The topological polar surface area (TPSA) is 64.9 Å². The first-order valence-corrected chi connectivity index (χ1v) is 7.76. The van der Waals surface area contributed by atoms with Gasteiger partial charge in [0.15, 0.2) is 5.82 Å². The third kappa shape index (κ3) is 2.70. The third-order valence-electron chi connectivity index (χ3n) is 4.54. The van der Waals surface area contributed by atoms with E-state index in [0.717, 1.165) is 42.7 Å². The molecule has 0 saturated heterocycles. The molecule has 112 valence electrons. The van der Waals surface area contributed by atoms with Gasteiger partial charge in [-0.2, -0.15) is 4.98 Å². The zero-order chi connectivity index (χ0) is 15.0. The molecule has 2 aromatic rings. The zero-order valence-corrected chi connectivity index (χ0v) is 13.2. The molecule has 0 spiro atoms. The maximum Gasteiger partial charge on any atom is 0.258 e. The summed E-state index contributed by atoms with van der Waals surface area (Å²) in [5.41, 5.74) is 7.85. The molecule has 1 aliphatic rings. The van der Waals surface area contributed by atoms with Crippen molar-refractivity contribution in [2.45, 2.75) is 45.1 Å². The number of halogens is 1. The molecular formula is C16H20ClN3O. The highest BCUT2D eigenvalue weighted by molar-refractivity contribution is 6.31. The Kier molecular flexibility index (Phi) is 3.76. The summed E-state index contributed by atoms with van der Waals surface area (Å²) >= 11 is 6.15. The van der Waals surface area contributed by atoms with E-state index < -0.39 is 5.54 Å². The van der Waals surface area contributed by atoms with Gasteiger partial charge < -0.3 is 10.3 Å². The van der Waals surface area contributed by atoms with Gasteiger partial charge in [0, 0.05) is 10.6 Å². The number of nitrogens with zero attached hydrogens (tertiary/aromatic N) is 2. The molecule has 21 heavy (non-hydrogen) atoms. The van der Waals surface area contributed by atoms with Gasteiger partial charge in [0.1, 0.15) is 0 Å². The minimum Gasteiger partial charge on any atom is -0.334 e. The van der Waals surface area contributed by atoms with E-state index in [1.54, 1.807) is 0 Å². The van der Waals surface area contributed by atoms with E-state index in [2.05, 4.69) is 17.1 Å². The Balaban J connectivity index is 1.92. The summed E-state index contributed by atoms with van der Waals surface area (Å²) in [5.74, 6) is 1.83. The summed E-state index contributed by atoms with van der Waals surface area (Å²) in [4.78, 5) is 4.54. The highest BCUT2D eigenvalue weighted by Gasteiger charge is 2.36. The van der Waals surface area contributed by atoms with Crippen LogP contribution in [0.1, 0.15) is 44.0 Å². The molecule has 0 atom stereocenters. The molecule has 0 bridgehead atoms. The molecule has 1 aliphatic carbocycles. The number of hydrogen-bond acceptors (Lipinski definition) is 4. The molecule has 5 heteroatoms. The van der Waals surface area contributed by atoms with Crippen molar-refractivity contribution < 1.29 is 4.52 Å². The lowest BCUT2D eigenvalue weighted by Gasteiger charge is -2.33. The second-order valence-electron chi connectivity index (χ2n) is 6.17. The van der Waals surface area contributed by atoms with Crippen molar-refractivity contribution >= 4 is 11.6 Å². The molecule has 0 amide bonds. The number of rotatable bonds is 2. The van der Waals surface area contributed by atoms with Gasteiger partial charge in [-0.25, -0.2) is 0 Å². The maximum atomic E-state index is 6.49. The number of aromatic nitrogens is 2. The van der Waals surface area contributed by atoms with E-state index in [0.29, 0.717) is 16.7 Å². The van der Waals surface area contributed by atoms with E-state index in [-0.39, 0.29) is 0 Å². The quantitative estimate of drug-likeness (QED) is 0.908. The lowest BCUT2D eigenvalue weighted by molar-refractivity contribution is 0.230. The van der Waals surface area contributed by atoms with E-state index in [9.17, 15) is 0 Å². The van der Waals surface area contributed by atoms with Gasteiger partial charge in [-0.15, -0.1) is 0 Å². The van der Waals surface area contributed by atoms with Crippen LogP contribution >= 0.6 is 11.6 Å². The van der Waals surface area contributed by atoms with Gasteiger partial charge in [0.2, 0.25) is 0 Å². The second-order valence-corrected chi connectivity index (χ2v) is 6.58. The van der Waals surface area contributed by atoms with Crippen LogP contribution in [-0.2, 0) is 5.54 Å². The molecule has 0 aliphatic heterocycles. The van der Waals surface area contributed by atoms with Crippen LogP contribution in [0.2, 0.25) is 5.02 Å². The molecule has 1 fully saturated rings. The maximum absolute atomic E-state index is 6.49. The molecule has 4 nitrogen and oxygen atoms in total. The van der Waals surface area contributed by atoms with Gasteiger partial charge in [-0.1, -0.05) is 29.7 Å². The molecular weight excluding hydrogens is 286 g/mol. The van der Waals surface area contributed by atoms with Crippen LogP contribution in [0.15, 0.2) is 22.7 Å². The molecule has 1 aromatic heterocycles. The fraction of sp³-hybridized carbons (Fsp3) is 0.500. The first kappa shape index (κ1) is 14.5. The van der Waals surface area contributed by atoms with Crippen LogP contribution in [0, 0.1) is 12.8 Å². The fourth-order valence-corrected chi connectivity index (χ4v) is 3.05. The number of benzene rings is 1. The molecule has 1 aromatic carbocycles. The molecule has 0 unspecified atom stereocenters. The number of hydrogen-bond donors (Lipinski definition) is 1. The predicted octanol–water partition coefficient (Wildman–Crippen LogP) is 4.06. The van der Waals surface area contributed by atoms with Crippen LogP contribution in [0.5, 0.6) is 0 Å². The van der Waals surface area contributed by atoms with Gasteiger partial charge in [0.25, 0.3) is 5.89 Å². The van der Waals surface area contributed by atoms with Crippen molar-refractivity contribution in [3.05, 3.63) is 34.6 Å². The summed E-state index contributed by atoms with van der Waals surface area (Å²) in [5, 5.41) is 4.83. The zero-order valence-electron chi connectivity index (χ0n) is 12.4. The average Bonchev–Trinajstić information content (AvgIpc) is 2.96. The van der Waals surface area contributed by atoms with Crippen LogP contribution in [0.3, 0.4) is 0 Å². The molecule has 1 saturated carbocycles. The summed E-state index contributed by atoms with van der Waals surface area (Å²) in [6, 6.07) is 5.67. The van der Waals surface area contributed by atoms with Gasteiger partial charge >= 0.3 is 0 Å². The summed E-state index contributed by atoms with van der Waals surface area (Å²) in [7, 11) is 0. The Morgan fingerprint density at radius 3 is 2.76 bits per heavy atom. The van der Waals surface area contributed by atoms with Crippen LogP contribution in [-0.4, -0.2) is 10.1 Å². The van der Waals surface area contributed by atoms with Crippen molar-refractivity contribution in [1.82, 2.24) is 10.1 Å². The summed E-state index contributed by atoms with van der Waals surface area (Å²) < 4.78 is 5.43. The van der Waals surface area contributed by atoms with Crippen LogP contribution in [0.4, 0.5) is 0 Å². The van der Waals surface area contributed by atoms with Crippen LogP contribution in [0.25, 0.3) is 11.5 Å². The van der Waals surface area contributed by atoms with E-state index in [1.807, 2.05) is 25.1 Å².